The number of rotatable bonds is 3. The van der Waals surface area contributed by atoms with Crippen molar-refractivity contribution < 1.29 is 0 Å². The number of pyridine rings is 1. The van der Waals surface area contributed by atoms with Crippen LogP contribution in [0.4, 0.5) is 0 Å². The Balaban J connectivity index is 1.63. The van der Waals surface area contributed by atoms with Crippen LogP contribution in [0.5, 0.6) is 0 Å². The van der Waals surface area contributed by atoms with Crippen molar-refractivity contribution >= 4 is 5.84 Å². The Morgan fingerprint density at radius 3 is 2.64 bits per heavy atom. The summed E-state index contributed by atoms with van der Waals surface area (Å²) in [5, 5.41) is 17.2. The second-order valence-electron chi connectivity index (χ2n) is 8.65. The number of fused-ring (bicyclic) bond motifs is 1. The molecule has 1 aromatic carbocycles. The largest absolute Gasteiger partial charge is 0.324 e. The lowest BCUT2D eigenvalue weighted by Gasteiger charge is -2.34. The lowest BCUT2D eigenvalue weighted by Crippen LogP contribution is -2.50. The minimum atomic E-state index is -0.302. The van der Waals surface area contributed by atoms with E-state index >= 15 is 0 Å². The molecule has 1 aliphatic heterocycles. The molecule has 0 spiro atoms. The Kier molecular flexibility index (Phi) is 4.98. The van der Waals surface area contributed by atoms with E-state index in [0.29, 0.717) is 17.2 Å². The van der Waals surface area contributed by atoms with Gasteiger partial charge in [-0.3, -0.25) is 20.3 Å². The predicted octanol–water partition coefficient (Wildman–Crippen LogP) is 3.40. The zero-order chi connectivity index (χ0) is 19.9. The maximum atomic E-state index is 8.84. The van der Waals surface area contributed by atoms with E-state index in [0.717, 1.165) is 38.6 Å². The van der Waals surface area contributed by atoms with E-state index in [1.54, 1.807) is 4.57 Å². The molecule has 28 heavy (non-hydrogen) atoms. The van der Waals surface area contributed by atoms with Crippen LogP contribution in [-0.2, 0) is 6.42 Å². The summed E-state index contributed by atoms with van der Waals surface area (Å²) in [6.45, 7) is 3.13. The number of nitrogens with zero attached hydrogens (tertiary/aromatic N) is 2. The summed E-state index contributed by atoms with van der Waals surface area (Å²) in [6.07, 6.45) is 7.09. The van der Waals surface area contributed by atoms with Gasteiger partial charge in [-0.2, -0.15) is 0 Å². The van der Waals surface area contributed by atoms with Crippen LogP contribution in [0.2, 0.25) is 0 Å². The fourth-order valence-electron chi connectivity index (χ4n) is 4.92. The third-order valence-corrected chi connectivity index (χ3v) is 6.90. The van der Waals surface area contributed by atoms with Crippen molar-refractivity contribution in [1.82, 2.24) is 9.47 Å². The molecule has 2 heterocycles. The average molecular weight is 378 g/mol. The van der Waals surface area contributed by atoms with E-state index in [1.165, 1.54) is 16.7 Å². The van der Waals surface area contributed by atoms with Crippen molar-refractivity contribution in [1.29, 1.82) is 10.8 Å². The average Bonchev–Trinajstić information content (AvgIpc) is 3.05. The zero-order valence-corrected chi connectivity index (χ0v) is 16.9. The molecule has 0 saturated carbocycles. The van der Waals surface area contributed by atoms with E-state index in [4.69, 9.17) is 16.6 Å². The quantitative estimate of drug-likeness (QED) is 0.566. The first-order valence-corrected chi connectivity index (χ1v) is 10.3. The Morgan fingerprint density at radius 2 is 1.93 bits per heavy atom. The SMILES string of the molecule is CN1CCC[C@]1(C)C(=N)n1cc(CC2CCC(N)c3ccccc32)ccc1=N. The van der Waals surface area contributed by atoms with Gasteiger partial charge in [0.1, 0.15) is 11.3 Å². The summed E-state index contributed by atoms with van der Waals surface area (Å²) in [6, 6.07) is 12.6. The highest BCUT2D eigenvalue weighted by molar-refractivity contribution is 5.90. The van der Waals surface area contributed by atoms with Gasteiger partial charge in [0.05, 0.1) is 5.54 Å². The molecule has 1 aliphatic carbocycles. The maximum Gasteiger partial charge on any atom is 0.130 e. The molecule has 2 aliphatic rings. The molecule has 1 fully saturated rings. The van der Waals surface area contributed by atoms with Crippen molar-refractivity contribution in [2.45, 2.75) is 56.5 Å². The monoisotopic (exact) mass is 377 g/mol. The fourth-order valence-corrected chi connectivity index (χ4v) is 4.92. The van der Waals surface area contributed by atoms with E-state index in [-0.39, 0.29) is 11.6 Å². The molecule has 0 bridgehead atoms. The number of aromatic nitrogens is 1. The van der Waals surface area contributed by atoms with Crippen LogP contribution < -0.4 is 11.2 Å². The van der Waals surface area contributed by atoms with Gasteiger partial charge in [-0.15, -0.1) is 0 Å². The van der Waals surface area contributed by atoms with E-state index in [2.05, 4.69) is 43.1 Å². The topological polar surface area (TPSA) is 81.9 Å². The number of hydrogen-bond acceptors (Lipinski definition) is 4. The van der Waals surface area contributed by atoms with Crippen molar-refractivity contribution in [3.63, 3.8) is 0 Å². The van der Waals surface area contributed by atoms with Crippen LogP contribution in [0.3, 0.4) is 0 Å². The fraction of sp³-hybridized carbons (Fsp3) is 0.478. The Morgan fingerprint density at radius 1 is 1.18 bits per heavy atom. The molecular formula is C23H31N5. The summed E-state index contributed by atoms with van der Waals surface area (Å²) >= 11 is 0. The van der Waals surface area contributed by atoms with E-state index in [9.17, 15) is 0 Å². The second-order valence-corrected chi connectivity index (χ2v) is 8.65. The number of likely N-dealkylation sites (tertiary alicyclic amines) is 1. The van der Waals surface area contributed by atoms with Crippen molar-refractivity contribution in [2.75, 3.05) is 13.6 Å². The predicted molar refractivity (Wildman–Crippen MR) is 113 cm³/mol. The lowest BCUT2D eigenvalue weighted by molar-refractivity contribution is 0.266. The first kappa shape index (κ1) is 19.1. The maximum absolute atomic E-state index is 8.84. The third-order valence-electron chi connectivity index (χ3n) is 6.90. The van der Waals surface area contributed by atoms with Gasteiger partial charge in [0.25, 0.3) is 0 Å². The van der Waals surface area contributed by atoms with Crippen LogP contribution in [0.25, 0.3) is 0 Å². The van der Waals surface area contributed by atoms with Gasteiger partial charge in [-0.25, -0.2) is 0 Å². The van der Waals surface area contributed by atoms with Gasteiger partial charge >= 0.3 is 0 Å². The Hall–Kier alpha value is -2.24. The summed E-state index contributed by atoms with van der Waals surface area (Å²) < 4.78 is 1.78. The molecule has 4 rings (SSSR count). The van der Waals surface area contributed by atoms with Gasteiger partial charge in [0, 0.05) is 12.2 Å². The number of benzene rings is 1. The molecule has 2 unspecified atom stereocenters. The first-order chi connectivity index (χ1) is 13.4. The number of nitrogens with one attached hydrogen (secondary N) is 2. The molecule has 5 nitrogen and oxygen atoms in total. The highest BCUT2D eigenvalue weighted by Gasteiger charge is 2.39. The number of nitrogens with two attached hydrogens (primary N) is 1. The zero-order valence-electron chi connectivity index (χ0n) is 16.9. The van der Waals surface area contributed by atoms with Gasteiger partial charge in [0.15, 0.2) is 0 Å². The van der Waals surface area contributed by atoms with Crippen molar-refractivity contribution in [2.24, 2.45) is 5.73 Å². The highest BCUT2D eigenvalue weighted by Crippen LogP contribution is 2.38. The molecule has 1 saturated heterocycles. The lowest BCUT2D eigenvalue weighted by atomic mass is 9.78. The molecule has 3 atom stereocenters. The summed E-state index contributed by atoms with van der Waals surface area (Å²) in [4.78, 5) is 2.24. The molecule has 0 radical (unpaired) electrons. The van der Waals surface area contributed by atoms with Crippen molar-refractivity contribution in [3.8, 4) is 0 Å². The normalized spacial score (nSPS) is 27.5. The van der Waals surface area contributed by atoms with Crippen LogP contribution in [0, 0.1) is 10.8 Å². The molecule has 2 aromatic rings. The Labute approximate surface area is 167 Å². The molecule has 1 aromatic heterocycles. The number of likely N-dealkylation sites (N-methyl/N-ethyl adjacent to an activating group) is 1. The number of hydrogen-bond donors (Lipinski definition) is 3. The highest BCUT2D eigenvalue weighted by atomic mass is 15.2. The second kappa shape index (κ2) is 7.30. The molecule has 148 valence electrons. The minimum absolute atomic E-state index is 0.138. The molecule has 0 amide bonds. The van der Waals surface area contributed by atoms with E-state index < -0.39 is 0 Å². The van der Waals surface area contributed by atoms with Gasteiger partial charge in [-0.05, 0) is 81.3 Å². The van der Waals surface area contributed by atoms with Crippen LogP contribution >= 0.6 is 0 Å². The standard InChI is InChI=1S/C23H31N5/c1-23(12-5-13-27(23)2)22(26)28-15-16(8-11-21(28)25)14-17-9-10-20(24)19-7-4-3-6-18(17)19/h3-4,6-8,11,15,17,20,25-26H,5,9-10,12-14,24H2,1-2H3/t17?,20?,23-/m1/s1. The van der Waals surface area contributed by atoms with Crippen LogP contribution in [-0.4, -0.2) is 34.4 Å². The third kappa shape index (κ3) is 3.23. The minimum Gasteiger partial charge on any atom is -0.324 e. The van der Waals surface area contributed by atoms with Gasteiger partial charge < -0.3 is 5.73 Å². The van der Waals surface area contributed by atoms with Gasteiger partial charge in [-0.1, -0.05) is 30.3 Å². The Bertz CT molecular complexity index is 946. The van der Waals surface area contributed by atoms with E-state index in [1.807, 2.05) is 18.3 Å². The van der Waals surface area contributed by atoms with Crippen LogP contribution in [0.1, 0.15) is 61.3 Å². The van der Waals surface area contributed by atoms with Gasteiger partial charge in [0.2, 0.25) is 0 Å². The molecule has 5 heteroatoms. The van der Waals surface area contributed by atoms with Crippen molar-refractivity contribution in [3.05, 3.63) is 64.8 Å². The molecular weight excluding hydrogens is 346 g/mol. The smallest absolute Gasteiger partial charge is 0.130 e. The molecule has 4 N–H and O–H groups in total. The first-order valence-electron chi connectivity index (χ1n) is 10.3. The summed E-state index contributed by atoms with van der Waals surface area (Å²) in [5.41, 5.74) is 10.2. The van der Waals surface area contributed by atoms with Crippen LogP contribution in [0.15, 0.2) is 42.6 Å². The summed E-state index contributed by atoms with van der Waals surface area (Å²) in [7, 11) is 2.08. The summed E-state index contributed by atoms with van der Waals surface area (Å²) in [5.74, 6) is 0.949.